The van der Waals surface area contributed by atoms with Crippen LogP contribution in [-0.4, -0.2) is 11.1 Å². The maximum atomic E-state index is 11.2. The van der Waals surface area contributed by atoms with Crippen molar-refractivity contribution in [3.8, 4) is 0 Å². The predicted molar refractivity (Wildman–Crippen MR) is 70.3 cm³/mol. The maximum Gasteiger partial charge on any atom is 0.307 e. The Bertz CT molecular complexity index is 395. The second-order valence-corrected chi connectivity index (χ2v) is 4.61. The summed E-state index contributed by atoms with van der Waals surface area (Å²) in [4.78, 5) is 11.2. The number of aliphatic carboxylic acids is 1. The lowest BCUT2D eigenvalue weighted by atomic mass is 9.92. The molecule has 0 radical (unpaired) electrons. The van der Waals surface area contributed by atoms with Crippen molar-refractivity contribution in [2.75, 3.05) is 0 Å². The average Bonchev–Trinajstić information content (AvgIpc) is 2.30. The van der Waals surface area contributed by atoms with E-state index in [1.807, 2.05) is 19.1 Å². The molecule has 1 unspecified atom stereocenters. The largest absolute Gasteiger partial charge is 0.481 e. The van der Waals surface area contributed by atoms with Crippen LogP contribution in [0.25, 0.3) is 0 Å². The zero-order valence-electron chi connectivity index (χ0n) is 9.95. The van der Waals surface area contributed by atoms with Crippen LogP contribution in [-0.2, 0) is 11.2 Å². The molecular weight excluding hydrogens is 236 g/mol. The van der Waals surface area contributed by atoms with Gasteiger partial charge in [-0.3, -0.25) is 4.79 Å². The van der Waals surface area contributed by atoms with Gasteiger partial charge in [0.25, 0.3) is 0 Å². The predicted octanol–water partition coefficient (Wildman–Crippen LogP) is 3.94. The summed E-state index contributed by atoms with van der Waals surface area (Å²) in [6.07, 6.45) is 1.88. The van der Waals surface area contributed by atoms with E-state index in [2.05, 4.69) is 6.58 Å². The second-order valence-electron chi connectivity index (χ2n) is 4.17. The van der Waals surface area contributed by atoms with Gasteiger partial charge in [0.15, 0.2) is 0 Å². The van der Waals surface area contributed by atoms with Gasteiger partial charge in [0.2, 0.25) is 0 Å². The van der Waals surface area contributed by atoms with Crippen molar-refractivity contribution in [2.45, 2.75) is 26.2 Å². The van der Waals surface area contributed by atoms with Gasteiger partial charge in [-0.15, -0.1) is 0 Å². The van der Waals surface area contributed by atoms with E-state index in [9.17, 15) is 4.79 Å². The Morgan fingerprint density at radius 2 is 2.00 bits per heavy atom. The molecule has 3 heteroatoms. The Labute approximate surface area is 107 Å². The van der Waals surface area contributed by atoms with Crippen LogP contribution in [0.5, 0.6) is 0 Å². The standard InChI is InChI=1S/C14H17ClO2/c1-3-10(2)8-12(14(16)17)9-11-4-6-13(15)7-5-11/h4-7,12H,2-3,8-9H2,1H3,(H,16,17). The van der Waals surface area contributed by atoms with Gasteiger partial charge in [-0.25, -0.2) is 0 Å². The van der Waals surface area contributed by atoms with Crippen LogP contribution < -0.4 is 0 Å². The van der Waals surface area contributed by atoms with E-state index in [-0.39, 0.29) is 0 Å². The molecule has 0 heterocycles. The van der Waals surface area contributed by atoms with Gasteiger partial charge >= 0.3 is 5.97 Å². The number of hydrogen-bond acceptors (Lipinski definition) is 1. The summed E-state index contributed by atoms with van der Waals surface area (Å²) in [7, 11) is 0. The molecule has 1 aromatic carbocycles. The Kier molecular flexibility index (Phi) is 5.23. The van der Waals surface area contributed by atoms with Crippen LogP contribution in [0.1, 0.15) is 25.3 Å². The first-order valence-corrected chi connectivity index (χ1v) is 6.04. The fourth-order valence-electron chi connectivity index (χ4n) is 1.64. The van der Waals surface area contributed by atoms with E-state index < -0.39 is 11.9 Å². The van der Waals surface area contributed by atoms with Crippen molar-refractivity contribution in [1.82, 2.24) is 0 Å². The van der Waals surface area contributed by atoms with Crippen LogP contribution in [0.2, 0.25) is 5.02 Å². The molecule has 1 rings (SSSR count). The smallest absolute Gasteiger partial charge is 0.307 e. The molecule has 2 nitrogen and oxygen atoms in total. The molecule has 0 spiro atoms. The normalized spacial score (nSPS) is 12.1. The third kappa shape index (κ3) is 4.61. The number of rotatable bonds is 6. The number of carboxylic acids is 1. The maximum absolute atomic E-state index is 11.2. The van der Waals surface area contributed by atoms with E-state index in [4.69, 9.17) is 16.7 Å². The number of hydrogen-bond donors (Lipinski definition) is 1. The van der Waals surface area contributed by atoms with Crippen LogP contribution in [0.3, 0.4) is 0 Å². The molecule has 1 atom stereocenters. The van der Waals surface area contributed by atoms with Gasteiger partial charge in [0.1, 0.15) is 0 Å². The minimum absolute atomic E-state index is 0.399. The zero-order chi connectivity index (χ0) is 12.8. The Morgan fingerprint density at radius 3 is 2.47 bits per heavy atom. The first-order chi connectivity index (χ1) is 8.02. The quantitative estimate of drug-likeness (QED) is 0.779. The number of carbonyl (C=O) groups is 1. The molecule has 0 aliphatic carbocycles. The fraction of sp³-hybridized carbons (Fsp3) is 0.357. The molecule has 17 heavy (non-hydrogen) atoms. The number of carboxylic acid groups (broad SMARTS) is 1. The SMILES string of the molecule is C=C(CC)CC(Cc1ccc(Cl)cc1)C(=O)O. The first-order valence-electron chi connectivity index (χ1n) is 5.66. The number of allylic oxidation sites excluding steroid dienone is 1. The van der Waals surface area contributed by atoms with Crippen molar-refractivity contribution in [2.24, 2.45) is 5.92 Å². The van der Waals surface area contributed by atoms with Crippen molar-refractivity contribution in [3.05, 3.63) is 47.0 Å². The third-order valence-corrected chi connectivity index (χ3v) is 3.03. The zero-order valence-corrected chi connectivity index (χ0v) is 10.7. The lowest BCUT2D eigenvalue weighted by Crippen LogP contribution is -2.17. The highest BCUT2D eigenvalue weighted by atomic mass is 35.5. The van der Waals surface area contributed by atoms with Gasteiger partial charge in [0, 0.05) is 5.02 Å². The van der Waals surface area contributed by atoms with E-state index in [0.29, 0.717) is 17.9 Å². The minimum atomic E-state index is -0.769. The van der Waals surface area contributed by atoms with E-state index >= 15 is 0 Å². The van der Waals surface area contributed by atoms with Gasteiger partial charge in [-0.05, 0) is 37.0 Å². The summed E-state index contributed by atoms with van der Waals surface area (Å²) in [5, 5.41) is 9.83. The van der Waals surface area contributed by atoms with Gasteiger partial charge < -0.3 is 5.11 Å². The van der Waals surface area contributed by atoms with E-state index in [1.165, 1.54) is 0 Å². The molecular formula is C14H17ClO2. The lowest BCUT2D eigenvalue weighted by Gasteiger charge is -2.13. The molecule has 0 bridgehead atoms. The summed E-state index contributed by atoms with van der Waals surface area (Å²) in [6, 6.07) is 7.30. The van der Waals surface area contributed by atoms with Crippen LogP contribution in [0.4, 0.5) is 0 Å². The summed E-state index contributed by atoms with van der Waals surface area (Å²) < 4.78 is 0. The molecule has 0 aliphatic rings. The molecule has 1 aromatic rings. The molecule has 0 aromatic heterocycles. The van der Waals surface area contributed by atoms with Crippen molar-refractivity contribution < 1.29 is 9.90 Å². The van der Waals surface area contributed by atoms with E-state index in [0.717, 1.165) is 17.6 Å². The topological polar surface area (TPSA) is 37.3 Å². The Hall–Kier alpha value is -1.28. The highest BCUT2D eigenvalue weighted by molar-refractivity contribution is 6.30. The Balaban J connectivity index is 2.70. The first kappa shape index (κ1) is 13.8. The summed E-state index contributed by atoms with van der Waals surface area (Å²) in [6.45, 7) is 5.86. The van der Waals surface area contributed by atoms with Gasteiger partial charge in [0.05, 0.1) is 5.92 Å². The summed E-state index contributed by atoms with van der Waals surface area (Å²) in [5.41, 5.74) is 1.97. The molecule has 0 amide bonds. The number of benzene rings is 1. The molecule has 0 saturated heterocycles. The second kappa shape index (κ2) is 6.45. The average molecular weight is 253 g/mol. The highest BCUT2D eigenvalue weighted by Gasteiger charge is 2.18. The van der Waals surface area contributed by atoms with Gasteiger partial charge in [-0.1, -0.05) is 42.8 Å². The Morgan fingerprint density at radius 1 is 1.41 bits per heavy atom. The summed E-state index contributed by atoms with van der Waals surface area (Å²) in [5.74, 6) is -1.17. The minimum Gasteiger partial charge on any atom is -0.481 e. The van der Waals surface area contributed by atoms with Crippen LogP contribution in [0.15, 0.2) is 36.4 Å². The van der Waals surface area contributed by atoms with Gasteiger partial charge in [-0.2, -0.15) is 0 Å². The molecule has 0 fully saturated rings. The van der Waals surface area contributed by atoms with Crippen molar-refractivity contribution in [1.29, 1.82) is 0 Å². The van der Waals surface area contributed by atoms with Crippen molar-refractivity contribution >= 4 is 17.6 Å². The van der Waals surface area contributed by atoms with E-state index in [1.54, 1.807) is 12.1 Å². The molecule has 0 aliphatic heterocycles. The molecule has 92 valence electrons. The van der Waals surface area contributed by atoms with Crippen LogP contribution >= 0.6 is 11.6 Å². The van der Waals surface area contributed by atoms with Crippen molar-refractivity contribution in [3.63, 3.8) is 0 Å². The number of halogens is 1. The monoisotopic (exact) mass is 252 g/mol. The fourth-order valence-corrected chi connectivity index (χ4v) is 1.77. The van der Waals surface area contributed by atoms with Crippen LogP contribution in [0, 0.1) is 5.92 Å². The summed E-state index contributed by atoms with van der Waals surface area (Å²) >= 11 is 5.79. The molecule has 0 saturated carbocycles. The molecule has 1 N–H and O–H groups in total. The lowest BCUT2D eigenvalue weighted by molar-refractivity contribution is -0.141. The third-order valence-electron chi connectivity index (χ3n) is 2.78. The highest BCUT2D eigenvalue weighted by Crippen LogP contribution is 2.19.